The summed E-state index contributed by atoms with van der Waals surface area (Å²) in [5.41, 5.74) is 7.19. The first-order valence-corrected chi connectivity index (χ1v) is 8.12. The highest BCUT2D eigenvalue weighted by molar-refractivity contribution is 5.93. The summed E-state index contributed by atoms with van der Waals surface area (Å²) in [5.74, 6) is -0.0631. The Morgan fingerprint density at radius 2 is 1.70 bits per heavy atom. The molecule has 2 N–H and O–H groups in total. The molecule has 1 saturated heterocycles. The first-order valence-electron chi connectivity index (χ1n) is 8.12. The summed E-state index contributed by atoms with van der Waals surface area (Å²) in [4.78, 5) is 27.5. The molecule has 0 aliphatic carbocycles. The second kappa shape index (κ2) is 9.07. The molecular weight excluding hydrogens is 296 g/mol. The fourth-order valence-electron chi connectivity index (χ4n) is 2.19. The monoisotopic (exact) mass is 324 g/mol. The molecule has 0 unspecified atom stereocenters. The highest BCUT2D eigenvalue weighted by Gasteiger charge is 2.27. The quantitative estimate of drug-likeness (QED) is 0.807. The molecule has 2 heterocycles. The minimum atomic E-state index is -0.312. The van der Waals surface area contributed by atoms with Crippen LogP contribution in [0.3, 0.4) is 0 Å². The number of hydrazine groups is 1. The Kier molecular flexibility index (Phi) is 7.44. The molecule has 0 aromatic rings. The highest BCUT2D eigenvalue weighted by atomic mass is 16.6. The number of nitrogens with one attached hydrogen (secondary N) is 2. The van der Waals surface area contributed by atoms with E-state index in [0.717, 1.165) is 5.57 Å². The van der Waals surface area contributed by atoms with Crippen LogP contribution in [-0.4, -0.2) is 54.1 Å². The van der Waals surface area contributed by atoms with E-state index in [0.29, 0.717) is 31.9 Å². The fraction of sp³-hybridized carbons (Fsp3) is 0.625. The Morgan fingerprint density at radius 3 is 2.22 bits per heavy atom. The largest absolute Gasteiger partial charge is 0.447 e. The van der Waals surface area contributed by atoms with Gasteiger partial charge in [-0.25, -0.2) is 4.79 Å². The molecule has 0 atom stereocenters. The Balaban J connectivity index is 0.00000127. The fourth-order valence-corrected chi connectivity index (χ4v) is 2.19. The van der Waals surface area contributed by atoms with Crippen LogP contribution in [0, 0.1) is 0 Å². The number of hydrogen-bond donors (Lipinski definition) is 2. The normalized spacial score (nSPS) is 17.1. The van der Waals surface area contributed by atoms with Crippen molar-refractivity contribution in [1.29, 1.82) is 0 Å². The summed E-state index contributed by atoms with van der Waals surface area (Å²) in [5, 5.41) is 0. The summed E-state index contributed by atoms with van der Waals surface area (Å²) in [6.07, 6.45) is 3.15. The van der Waals surface area contributed by atoms with Crippen LogP contribution in [0.5, 0.6) is 0 Å². The molecule has 0 bridgehead atoms. The number of carbonyl (C=O) groups excluding carboxylic acids is 2. The zero-order chi connectivity index (χ0) is 17.4. The number of amides is 2. The SMILES string of the molecule is CC.CC1=CNNC(C(=O)N2CCN(C(=O)OC(C)C)CC2)=C1. The third-order valence-corrected chi connectivity index (χ3v) is 3.27. The molecule has 0 aromatic carbocycles. The maximum atomic E-state index is 12.3. The summed E-state index contributed by atoms with van der Waals surface area (Å²) < 4.78 is 5.16. The molecule has 0 spiro atoms. The molecular formula is C16H28N4O3. The van der Waals surface area contributed by atoms with Gasteiger partial charge in [0.1, 0.15) is 5.70 Å². The molecule has 0 saturated carbocycles. The van der Waals surface area contributed by atoms with Crippen molar-refractivity contribution in [3.05, 3.63) is 23.5 Å². The first-order chi connectivity index (χ1) is 11.0. The van der Waals surface area contributed by atoms with E-state index < -0.39 is 0 Å². The number of rotatable bonds is 2. The summed E-state index contributed by atoms with van der Waals surface area (Å²) >= 11 is 0. The van der Waals surface area contributed by atoms with Crippen molar-refractivity contribution in [1.82, 2.24) is 20.7 Å². The molecule has 2 rings (SSSR count). The highest BCUT2D eigenvalue weighted by Crippen LogP contribution is 2.10. The van der Waals surface area contributed by atoms with Gasteiger partial charge in [-0.05, 0) is 32.4 Å². The maximum absolute atomic E-state index is 12.3. The van der Waals surface area contributed by atoms with Crippen LogP contribution in [0.25, 0.3) is 0 Å². The lowest BCUT2D eigenvalue weighted by atomic mass is 10.2. The Hall–Kier alpha value is -2.18. The Morgan fingerprint density at radius 1 is 1.13 bits per heavy atom. The summed E-state index contributed by atoms with van der Waals surface area (Å²) in [7, 11) is 0. The molecule has 7 nitrogen and oxygen atoms in total. The van der Waals surface area contributed by atoms with Crippen molar-refractivity contribution in [3.8, 4) is 0 Å². The van der Waals surface area contributed by atoms with Crippen molar-refractivity contribution in [2.24, 2.45) is 0 Å². The molecule has 2 aliphatic heterocycles. The van der Waals surface area contributed by atoms with E-state index in [2.05, 4.69) is 10.9 Å². The lowest BCUT2D eigenvalue weighted by Crippen LogP contribution is -2.52. The number of allylic oxidation sites excluding steroid dienone is 2. The van der Waals surface area contributed by atoms with Crippen LogP contribution in [-0.2, 0) is 9.53 Å². The van der Waals surface area contributed by atoms with E-state index in [9.17, 15) is 9.59 Å². The van der Waals surface area contributed by atoms with Crippen molar-refractivity contribution in [3.63, 3.8) is 0 Å². The van der Waals surface area contributed by atoms with Gasteiger partial charge in [0.2, 0.25) is 0 Å². The standard InChI is InChI=1S/C14H22N4O3.C2H6/c1-10(2)21-14(20)18-6-4-17(5-7-18)13(19)12-8-11(3)9-15-16-12;1-2/h8-10,15-16H,4-7H2,1-3H3;1-2H3. The zero-order valence-corrected chi connectivity index (χ0v) is 14.7. The third kappa shape index (κ3) is 5.50. The number of hydrogen-bond acceptors (Lipinski definition) is 5. The lowest BCUT2D eigenvalue weighted by Gasteiger charge is -2.35. The number of piperazine rings is 1. The second-order valence-electron chi connectivity index (χ2n) is 5.43. The second-order valence-corrected chi connectivity index (χ2v) is 5.43. The van der Waals surface area contributed by atoms with E-state index in [1.54, 1.807) is 22.1 Å². The predicted octanol–water partition coefficient (Wildman–Crippen LogP) is 1.60. The van der Waals surface area contributed by atoms with E-state index >= 15 is 0 Å². The van der Waals surface area contributed by atoms with Crippen molar-refractivity contribution in [2.75, 3.05) is 26.2 Å². The number of nitrogens with zero attached hydrogens (tertiary/aromatic N) is 2. The van der Waals surface area contributed by atoms with Gasteiger partial charge in [0.15, 0.2) is 0 Å². The van der Waals surface area contributed by atoms with Gasteiger partial charge in [-0.3, -0.25) is 10.2 Å². The van der Waals surface area contributed by atoms with Crippen LogP contribution in [0.4, 0.5) is 4.79 Å². The average molecular weight is 324 g/mol. The minimum absolute atomic E-state index is 0.0631. The van der Waals surface area contributed by atoms with Gasteiger partial charge in [-0.2, -0.15) is 0 Å². The molecule has 1 fully saturated rings. The van der Waals surface area contributed by atoms with E-state index in [-0.39, 0.29) is 18.1 Å². The van der Waals surface area contributed by atoms with Gasteiger partial charge in [0.25, 0.3) is 5.91 Å². The van der Waals surface area contributed by atoms with Crippen LogP contribution in [0.15, 0.2) is 23.5 Å². The van der Waals surface area contributed by atoms with Crippen molar-refractivity contribution in [2.45, 2.75) is 40.7 Å². The van der Waals surface area contributed by atoms with E-state index in [4.69, 9.17) is 4.74 Å². The molecule has 2 aliphatic rings. The molecule has 130 valence electrons. The first kappa shape index (κ1) is 18.9. The van der Waals surface area contributed by atoms with Gasteiger partial charge in [-0.15, -0.1) is 0 Å². The third-order valence-electron chi connectivity index (χ3n) is 3.27. The van der Waals surface area contributed by atoms with E-state index in [1.165, 1.54) is 0 Å². The molecule has 7 heteroatoms. The number of carbonyl (C=O) groups is 2. The smallest absolute Gasteiger partial charge is 0.410 e. The number of ether oxygens (including phenoxy) is 1. The van der Waals surface area contributed by atoms with Crippen LogP contribution in [0.1, 0.15) is 34.6 Å². The van der Waals surface area contributed by atoms with Gasteiger partial charge in [0, 0.05) is 32.4 Å². The summed E-state index contributed by atoms with van der Waals surface area (Å²) in [6.45, 7) is 11.6. The Bertz CT molecular complexity index is 478. The lowest BCUT2D eigenvalue weighted by molar-refractivity contribution is -0.129. The molecule has 0 radical (unpaired) electrons. The van der Waals surface area contributed by atoms with Crippen LogP contribution in [0.2, 0.25) is 0 Å². The minimum Gasteiger partial charge on any atom is -0.447 e. The van der Waals surface area contributed by atoms with E-state index in [1.807, 2.05) is 34.6 Å². The van der Waals surface area contributed by atoms with Gasteiger partial charge in [0.05, 0.1) is 6.10 Å². The van der Waals surface area contributed by atoms with Crippen LogP contribution < -0.4 is 10.9 Å². The van der Waals surface area contributed by atoms with Gasteiger partial charge < -0.3 is 20.0 Å². The predicted molar refractivity (Wildman–Crippen MR) is 89.2 cm³/mol. The average Bonchev–Trinajstić information content (AvgIpc) is 2.55. The Labute approximate surface area is 138 Å². The van der Waals surface area contributed by atoms with Crippen molar-refractivity contribution < 1.29 is 14.3 Å². The molecule has 2 amide bonds. The maximum Gasteiger partial charge on any atom is 0.410 e. The van der Waals surface area contributed by atoms with Crippen LogP contribution >= 0.6 is 0 Å². The topological polar surface area (TPSA) is 73.9 Å². The molecule has 23 heavy (non-hydrogen) atoms. The summed E-state index contributed by atoms with van der Waals surface area (Å²) in [6, 6.07) is 0. The zero-order valence-electron chi connectivity index (χ0n) is 14.7. The van der Waals surface area contributed by atoms with Gasteiger partial charge >= 0.3 is 6.09 Å². The van der Waals surface area contributed by atoms with Gasteiger partial charge in [-0.1, -0.05) is 13.8 Å². The molecule has 0 aromatic heterocycles. The van der Waals surface area contributed by atoms with Crippen molar-refractivity contribution >= 4 is 12.0 Å².